The summed E-state index contributed by atoms with van der Waals surface area (Å²) in [7, 11) is -2.81. The zero-order chi connectivity index (χ0) is 14.5. The molecule has 0 radical (unpaired) electrons. The highest BCUT2D eigenvalue weighted by Crippen LogP contribution is 2.17. The minimum Gasteiger partial charge on any atom is -0.338 e. The van der Waals surface area contributed by atoms with E-state index in [1.54, 1.807) is 0 Å². The van der Waals surface area contributed by atoms with Gasteiger partial charge in [0.25, 0.3) is 0 Å². The molecule has 0 bridgehead atoms. The van der Waals surface area contributed by atoms with Crippen molar-refractivity contribution >= 4 is 15.9 Å². The molecular formula is C13H26N2O3S. The molecule has 1 atom stereocenters. The number of carbonyl (C=O) groups is 1. The molecule has 1 fully saturated rings. The summed E-state index contributed by atoms with van der Waals surface area (Å²) in [6.45, 7) is 7.61. The molecule has 1 aliphatic heterocycles. The van der Waals surface area contributed by atoms with E-state index in [9.17, 15) is 13.2 Å². The first-order chi connectivity index (χ1) is 8.80. The van der Waals surface area contributed by atoms with Crippen LogP contribution in [0.5, 0.6) is 0 Å². The molecule has 0 aromatic rings. The van der Waals surface area contributed by atoms with E-state index in [1.165, 1.54) is 0 Å². The third kappa shape index (κ3) is 6.27. The van der Waals surface area contributed by atoms with Crippen molar-refractivity contribution in [2.75, 3.05) is 24.6 Å². The third-order valence-corrected chi connectivity index (χ3v) is 5.66. The first-order valence-corrected chi connectivity index (χ1v) is 8.84. The normalized spacial score (nSPS) is 21.1. The molecular weight excluding hydrogens is 264 g/mol. The highest BCUT2D eigenvalue weighted by Gasteiger charge is 2.23. The lowest BCUT2D eigenvalue weighted by atomic mass is 9.98. The van der Waals surface area contributed by atoms with Gasteiger partial charge in [-0.2, -0.15) is 0 Å². The molecule has 6 heteroatoms. The van der Waals surface area contributed by atoms with Gasteiger partial charge in [0.15, 0.2) is 0 Å². The summed E-state index contributed by atoms with van der Waals surface area (Å²) in [5, 5.41) is 5.68. The summed E-state index contributed by atoms with van der Waals surface area (Å²) in [6.07, 6.45) is 1.32. The average molecular weight is 290 g/mol. The second-order valence-electron chi connectivity index (χ2n) is 5.91. The van der Waals surface area contributed by atoms with Gasteiger partial charge in [-0.25, -0.2) is 13.2 Å². The predicted octanol–water partition coefficient (Wildman–Crippen LogP) is 1.40. The first-order valence-electron chi connectivity index (χ1n) is 7.02. The summed E-state index contributed by atoms with van der Waals surface area (Å²) >= 11 is 0. The fourth-order valence-electron chi connectivity index (χ4n) is 1.93. The van der Waals surface area contributed by atoms with Crippen LogP contribution < -0.4 is 10.6 Å². The van der Waals surface area contributed by atoms with Crippen LogP contribution in [-0.4, -0.2) is 39.0 Å². The quantitative estimate of drug-likeness (QED) is 0.803. The van der Waals surface area contributed by atoms with Crippen LogP contribution in [0, 0.1) is 17.8 Å². The zero-order valence-electron chi connectivity index (χ0n) is 12.1. The predicted molar refractivity (Wildman–Crippen MR) is 76.8 cm³/mol. The molecule has 0 aliphatic carbocycles. The van der Waals surface area contributed by atoms with Gasteiger partial charge in [-0.05, 0) is 30.6 Å². The lowest BCUT2D eigenvalue weighted by Gasteiger charge is -2.22. The van der Waals surface area contributed by atoms with Crippen molar-refractivity contribution in [3.63, 3.8) is 0 Å². The van der Waals surface area contributed by atoms with Crippen LogP contribution >= 0.6 is 0 Å². The minimum absolute atomic E-state index is 0.152. The number of sulfone groups is 1. The Hall–Kier alpha value is -0.780. The lowest BCUT2D eigenvalue weighted by molar-refractivity contribution is 0.235. The van der Waals surface area contributed by atoms with Gasteiger partial charge in [-0.3, -0.25) is 0 Å². The number of nitrogens with one attached hydrogen (secondary N) is 2. The van der Waals surface area contributed by atoms with E-state index in [-0.39, 0.29) is 23.5 Å². The monoisotopic (exact) mass is 290 g/mol. The van der Waals surface area contributed by atoms with Gasteiger partial charge in [0.05, 0.1) is 11.5 Å². The van der Waals surface area contributed by atoms with Gasteiger partial charge in [-0.15, -0.1) is 0 Å². The number of hydrogen-bond donors (Lipinski definition) is 2. The van der Waals surface area contributed by atoms with Gasteiger partial charge in [0.1, 0.15) is 9.84 Å². The maximum atomic E-state index is 11.6. The number of urea groups is 1. The third-order valence-electron chi connectivity index (χ3n) is 3.95. The van der Waals surface area contributed by atoms with Gasteiger partial charge in [-0.1, -0.05) is 20.8 Å². The second kappa shape index (κ2) is 7.12. The Labute approximate surface area is 116 Å². The van der Waals surface area contributed by atoms with Crippen LogP contribution in [0.3, 0.4) is 0 Å². The maximum Gasteiger partial charge on any atom is 0.314 e. The standard InChI is InChI=1S/C13H26N2O3S/c1-10(2)11(3)8-14-13(16)15-9-12-4-6-19(17,18)7-5-12/h10-12H,4-9H2,1-3H3,(H2,14,15,16)/t11-/m1/s1. The van der Waals surface area contributed by atoms with Crippen molar-refractivity contribution in [1.29, 1.82) is 0 Å². The van der Waals surface area contributed by atoms with E-state index in [0.717, 1.165) is 0 Å². The summed E-state index contributed by atoms with van der Waals surface area (Å²) in [5.41, 5.74) is 0. The molecule has 1 saturated heterocycles. The Kier molecular flexibility index (Phi) is 6.10. The highest BCUT2D eigenvalue weighted by atomic mass is 32.2. The number of amides is 2. The lowest BCUT2D eigenvalue weighted by Crippen LogP contribution is -2.41. The minimum atomic E-state index is -2.81. The zero-order valence-corrected chi connectivity index (χ0v) is 12.9. The molecule has 0 spiro atoms. The molecule has 0 saturated carbocycles. The van der Waals surface area contributed by atoms with E-state index in [4.69, 9.17) is 0 Å². The molecule has 1 aliphatic rings. The number of hydrogen-bond acceptors (Lipinski definition) is 3. The van der Waals surface area contributed by atoms with Crippen LogP contribution in [0.15, 0.2) is 0 Å². The van der Waals surface area contributed by atoms with Crippen molar-refractivity contribution in [3.05, 3.63) is 0 Å². The van der Waals surface area contributed by atoms with Crippen molar-refractivity contribution < 1.29 is 13.2 Å². The van der Waals surface area contributed by atoms with Crippen molar-refractivity contribution in [2.24, 2.45) is 17.8 Å². The molecule has 5 nitrogen and oxygen atoms in total. The second-order valence-corrected chi connectivity index (χ2v) is 8.21. The topological polar surface area (TPSA) is 75.3 Å². The fraction of sp³-hybridized carbons (Fsp3) is 0.923. The van der Waals surface area contributed by atoms with Crippen LogP contribution in [0.4, 0.5) is 4.79 Å². The first kappa shape index (κ1) is 16.3. The van der Waals surface area contributed by atoms with E-state index >= 15 is 0 Å². The molecule has 19 heavy (non-hydrogen) atoms. The van der Waals surface area contributed by atoms with E-state index in [1.807, 2.05) is 0 Å². The van der Waals surface area contributed by atoms with Crippen LogP contribution in [0.1, 0.15) is 33.6 Å². The van der Waals surface area contributed by atoms with Gasteiger partial charge in [0, 0.05) is 13.1 Å². The highest BCUT2D eigenvalue weighted by molar-refractivity contribution is 7.91. The van der Waals surface area contributed by atoms with Gasteiger partial charge in [0.2, 0.25) is 0 Å². The largest absolute Gasteiger partial charge is 0.338 e. The Morgan fingerprint density at radius 2 is 1.74 bits per heavy atom. The van der Waals surface area contributed by atoms with Crippen LogP contribution in [-0.2, 0) is 9.84 Å². The number of rotatable bonds is 5. The van der Waals surface area contributed by atoms with Gasteiger partial charge >= 0.3 is 6.03 Å². The Morgan fingerprint density at radius 3 is 2.26 bits per heavy atom. The Bertz CT molecular complexity index is 379. The molecule has 0 aromatic carbocycles. The molecule has 1 heterocycles. The summed E-state index contributed by atoms with van der Waals surface area (Å²) in [4.78, 5) is 11.6. The van der Waals surface area contributed by atoms with Crippen molar-refractivity contribution in [3.8, 4) is 0 Å². The van der Waals surface area contributed by atoms with E-state index in [2.05, 4.69) is 31.4 Å². The van der Waals surface area contributed by atoms with Gasteiger partial charge < -0.3 is 10.6 Å². The molecule has 2 amide bonds. The SMILES string of the molecule is CC(C)[C@H](C)CNC(=O)NCC1CCS(=O)(=O)CC1. The number of carbonyl (C=O) groups excluding carboxylic acids is 1. The van der Waals surface area contributed by atoms with Crippen molar-refractivity contribution in [2.45, 2.75) is 33.6 Å². The molecule has 2 N–H and O–H groups in total. The summed E-state index contributed by atoms with van der Waals surface area (Å²) in [5.74, 6) is 1.79. The Balaban J connectivity index is 2.17. The molecule has 0 aromatic heterocycles. The summed E-state index contributed by atoms with van der Waals surface area (Å²) < 4.78 is 22.6. The Morgan fingerprint density at radius 1 is 1.16 bits per heavy atom. The van der Waals surface area contributed by atoms with E-state index < -0.39 is 9.84 Å². The fourth-order valence-corrected chi connectivity index (χ4v) is 3.52. The average Bonchev–Trinajstić information content (AvgIpc) is 2.34. The smallest absolute Gasteiger partial charge is 0.314 e. The molecule has 0 unspecified atom stereocenters. The van der Waals surface area contributed by atoms with Crippen molar-refractivity contribution in [1.82, 2.24) is 10.6 Å². The van der Waals surface area contributed by atoms with E-state index in [0.29, 0.717) is 37.8 Å². The van der Waals surface area contributed by atoms with Crippen LogP contribution in [0.25, 0.3) is 0 Å². The summed E-state index contributed by atoms with van der Waals surface area (Å²) in [6, 6.07) is -0.152. The molecule has 112 valence electrons. The molecule has 1 rings (SSSR count). The maximum absolute atomic E-state index is 11.6. The van der Waals surface area contributed by atoms with Crippen LogP contribution in [0.2, 0.25) is 0 Å².